The molecule has 0 unspecified atom stereocenters. The van der Waals surface area contributed by atoms with E-state index in [0.29, 0.717) is 0 Å². The van der Waals surface area contributed by atoms with Gasteiger partial charge in [0.25, 0.3) is 0 Å². The lowest BCUT2D eigenvalue weighted by molar-refractivity contribution is -0.118. The summed E-state index contributed by atoms with van der Waals surface area (Å²) >= 11 is 0. The number of nitrogens with one attached hydrogen (secondary N) is 1. The fraction of sp³-hybridized carbons (Fsp3) is 0.500. The van der Waals surface area contributed by atoms with Gasteiger partial charge >= 0.3 is 0 Å². The number of nitrogens with two attached hydrogens (primary N) is 1. The molecule has 2 atom stereocenters. The highest BCUT2D eigenvalue weighted by Gasteiger charge is 2.20. The molecule has 1 aromatic heterocycles. The molecule has 17 heavy (non-hydrogen) atoms. The van der Waals surface area contributed by atoms with Crippen LogP contribution in [-0.4, -0.2) is 22.0 Å². The van der Waals surface area contributed by atoms with Crippen LogP contribution in [0.3, 0.4) is 0 Å². The maximum Gasteiger partial charge on any atom is 0.242 e. The number of pyridine rings is 1. The van der Waals surface area contributed by atoms with E-state index in [1.54, 1.807) is 13.0 Å². The van der Waals surface area contributed by atoms with Crippen molar-refractivity contribution in [2.45, 2.75) is 33.2 Å². The highest BCUT2D eigenvalue weighted by Crippen LogP contribution is 2.20. The summed E-state index contributed by atoms with van der Waals surface area (Å²) in [7, 11) is 0. The smallest absolute Gasteiger partial charge is 0.242 e. The molecule has 0 aromatic carbocycles. The number of nitrogens with zero attached hydrogens (tertiary/aromatic N) is 1. The number of carbonyl (C=O) groups excluding carboxylic acids is 1. The van der Waals surface area contributed by atoms with Crippen molar-refractivity contribution in [2.24, 2.45) is 11.7 Å². The minimum atomic E-state index is -0.596. The van der Waals surface area contributed by atoms with Gasteiger partial charge in [0.05, 0.1) is 6.04 Å². The first-order valence-corrected chi connectivity index (χ1v) is 5.68. The van der Waals surface area contributed by atoms with Crippen molar-refractivity contribution in [2.75, 3.05) is 5.32 Å². The Balaban J connectivity index is 2.77. The molecule has 0 aliphatic carbocycles. The first-order valence-electron chi connectivity index (χ1n) is 5.68. The molecule has 0 spiro atoms. The van der Waals surface area contributed by atoms with E-state index in [1.807, 2.05) is 13.8 Å². The van der Waals surface area contributed by atoms with Crippen LogP contribution < -0.4 is 11.1 Å². The van der Waals surface area contributed by atoms with Gasteiger partial charge in [-0.15, -0.1) is 0 Å². The van der Waals surface area contributed by atoms with Gasteiger partial charge < -0.3 is 16.2 Å². The number of rotatable bonds is 4. The van der Waals surface area contributed by atoms with Gasteiger partial charge in [0.2, 0.25) is 5.91 Å². The summed E-state index contributed by atoms with van der Waals surface area (Å²) in [5.74, 6) is -0.135. The summed E-state index contributed by atoms with van der Waals surface area (Å²) in [4.78, 5) is 15.8. The second-order valence-electron chi connectivity index (χ2n) is 4.22. The van der Waals surface area contributed by atoms with Crippen LogP contribution in [0.2, 0.25) is 0 Å². The topological polar surface area (TPSA) is 88.2 Å². The summed E-state index contributed by atoms with van der Waals surface area (Å²) in [5.41, 5.74) is 6.50. The van der Waals surface area contributed by atoms with Crippen LogP contribution in [0.25, 0.3) is 0 Å². The zero-order chi connectivity index (χ0) is 13.0. The van der Waals surface area contributed by atoms with Crippen LogP contribution in [-0.2, 0) is 4.79 Å². The van der Waals surface area contributed by atoms with E-state index < -0.39 is 6.04 Å². The number of carbonyl (C=O) groups is 1. The Morgan fingerprint density at radius 1 is 1.59 bits per heavy atom. The zero-order valence-corrected chi connectivity index (χ0v) is 10.4. The van der Waals surface area contributed by atoms with Gasteiger partial charge in [-0.2, -0.15) is 0 Å². The maximum atomic E-state index is 11.8. The predicted octanol–water partition coefficient (Wildman–Crippen LogP) is 1.41. The molecule has 0 bridgehead atoms. The molecule has 0 saturated heterocycles. The van der Waals surface area contributed by atoms with E-state index in [4.69, 9.17) is 5.73 Å². The van der Waals surface area contributed by atoms with E-state index in [9.17, 15) is 9.90 Å². The highest BCUT2D eigenvalue weighted by molar-refractivity contribution is 5.95. The first kappa shape index (κ1) is 13.4. The molecule has 0 radical (unpaired) electrons. The zero-order valence-electron chi connectivity index (χ0n) is 10.4. The molecular formula is C12H19N3O2. The van der Waals surface area contributed by atoms with Crippen molar-refractivity contribution >= 4 is 11.7 Å². The molecule has 0 aliphatic rings. The predicted molar refractivity (Wildman–Crippen MR) is 66.7 cm³/mol. The second-order valence-corrected chi connectivity index (χ2v) is 4.22. The summed E-state index contributed by atoms with van der Waals surface area (Å²) < 4.78 is 0. The minimum Gasteiger partial charge on any atom is -0.504 e. The van der Waals surface area contributed by atoms with Crippen molar-refractivity contribution < 1.29 is 9.90 Å². The monoisotopic (exact) mass is 237 g/mol. The van der Waals surface area contributed by atoms with E-state index in [2.05, 4.69) is 10.3 Å². The largest absolute Gasteiger partial charge is 0.504 e. The van der Waals surface area contributed by atoms with E-state index in [-0.39, 0.29) is 23.4 Å². The Kier molecular flexibility index (Phi) is 4.45. The molecule has 5 heteroatoms. The third-order valence-corrected chi connectivity index (χ3v) is 2.81. The lowest BCUT2D eigenvalue weighted by Gasteiger charge is -2.17. The van der Waals surface area contributed by atoms with Crippen LogP contribution in [0.15, 0.2) is 12.1 Å². The van der Waals surface area contributed by atoms with E-state index in [0.717, 1.165) is 12.1 Å². The standard InChI is InChI=1S/C12H19N3O2/c1-4-7(2)10(13)12(17)15-11-9(16)6-5-8(3)14-11/h5-7,10,16H,4,13H2,1-3H3,(H,14,15,17)/t7-,10-/m0/s1. The van der Waals surface area contributed by atoms with Gasteiger partial charge in [0, 0.05) is 5.69 Å². The maximum absolute atomic E-state index is 11.8. The molecule has 1 rings (SSSR count). The number of aromatic hydroxyl groups is 1. The molecule has 4 N–H and O–H groups in total. The van der Waals surface area contributed by atoms with Crippen LogP contribution in [0.5, 0.6) is 5.75 Å². The molecule has 1 heterocycles. The van der Waals surface area contributed by atoms with Crippen LogP contribution in [0.1, 0.15) is 26.0 Å². The Bertz CT molecular complexity index is 407. The number of aromatic nitrogens is 1. The van der Waals surface area contributed by atoms with Gasteiger partial charge in [0.15, 0.2) is 11.6 Å². The number of anilines is 1. The normalized spacial score (nSPS) is 14.1. The Morgan fingerprint density at radius 2 is 2.24 bits per heavy atom. The summed E-state index contributed by atoms with van der Waals surface area (Å²) in [6.07, 6.45) is 0.821. The molecule has 1 aromatic rings. The molecule has 0 aliphatic heterocycles. The van der Waals surface area contributed by atoms with Crippen molar-refractivity contribution in [1.29, 1.82) is 0 Å². The SMILES string of the molecule is CC[C@H](C)[C@H](N)C(=O)Nc1nc(C)ccc1O. The van der Waals surface area contributed by atoms with Crippen LogP contribution >= 0.6 is 0 Å². The lowest BCUT2D eigenvalue weighted by atomic mass is 9.99. The summed E-state index contributed by atoms with van der Waals surface area (Å²) in [5, 5.41) is 12.1. The summed E-state index contributed by atoms with van der Waals surface area (Å²) in [6, 6.07) is 2.56. The van der Waals surface area contributed by atoms with Crippen LogP contribution in [0.4, 0.5) is 5.82 Å². The molecule has 5 nitrogen and oxygen atoms in total. The van der Waals surface area contributed by atoms with Crippen molar-refractivity contribution in [3.63, 3.8) is 0 Å². The number of aryl methyl sites for hydroxylation is 1. The fourth-order valence-corrected chi connectivity index (χ4v) is 1.35. The number of hydrogen-bond donors (Lipinski definition) is 3. The number of hydrogen-bond acceptors (Lipinski definition) is 4. The van der Waals surface area contributed by atoms with Gasteiger partial charge in [-0.3, -0.25) is 4.79 Å². The third kappa shape index (κ3) is 3.42. The van der Waals surface area contributed by atoms with E-state index in [1.165, 1.54) is 6.07 Å². The second kappa shape index (κ2) is 5.63. The first-order chi connectivity index (χ1) is 7.95. The Morgan fingerprint density at radius 3 is 2.82 bits per heavy atom. The molecular weight excluding hydrogens is 218 g/mol. The minimum absolute atomic E-state index is 0.0553. The molecule has 94 valence electrons. The summed E-state index contributed by atoms with van der Waals surface area (Å²) in [6.45, 7) is 5.66. The average Bonchev–Trinajstić information content (AvgIpc) is 2.31. The van der Waals surface area contributed by atoms with Crippen molar-refractivity contribution in [3.8, 4) is 5.75 Å². The van der Waals surface area contributed by atoms with Gasteiger partial charge in [-0.05, 0) is 25.0 Å². The Labute approximate surface area is 101 Å². The van der Waals surface area contributed by atoms with Crippen molar-refractivity contribution in [1.82, 2.24) is 4.98 Å². The van der Waals surface area contributed by atoms with Crippen LogP contribution in [0, 0.1) is 12.8 Å². The third-order valence-electron chi connectivity index (χ3n) is 2.81. The molecule has 0 fully saturated rings. The quantitative estimate of drug-likeness (QED) is 0.738. The van der Waals surface area contributed by atoms with Gasteiger partial charge in [0.1, 0.15) is 0 Å². The lowest BCUT2D eigenvalue weighted by Crippen LogP contribution is -2.40. The fourth-order valence-electron chi connectivity index (χ4n) is 1.35. The highest BCUT2D eigenvalue weighted by atomic mass is 16.3. The number of amides is 1. The van der Waals surface area contributed by atoms with E-state index >= 15 is 0 Å². The van der Waals surface area contributed by atoms with Gasteiger partial charge in [-0.25, -0.2) is 4.98 Å². The molecule has 1 amide bonds. The Hall–Kier alpha value is -1.62. The molecule has 0 saturated carbocycles. The van der Waals surface area contributed by atoms with Gasteiger partial charge in [-0.1, -0.05) is 20.3 Å². The van der Waals surface area contributed by atoms with Crippen molar-refractivity contribution in [3.05, 3.63) is 17.8 Å². The average molecular weight is 237 g/mol.